The lowest BCUT2D eigenvalue weighted by Gasteiger charge is -2.04. The Hall–Kier alpha value is -1.89. The van der Waals surface area contributed by atoms with Gasteiger partial charge in [0.1, 0.15) is 12.0 Å². The number of rotatable bonds is 5. The van der Waals surface area contributed by atoms with Gasteiger partial charge in [0.2, 0.25) is 0 Å². The molecule has 1 aromatic heterocycles. The molecule has 1 heterocycles. The number of carboxylic acid groups (broad SMARTS) is 1. The molecule has 7 nitrogen and oxygen atoms in total. The van der Waals surface area contributed by atoms with Gasteiger partial charge >= 0.3 is 5.97 Å². The molecule has 8 heteroatoms. The first-order valence-electron chi connectivity index (χ1n) is 4.26. The van der Waals surface area contributed by atoms with E-state index in [2.05, 4.69) is 10.3 Å². The first-order chi connectivity index (χ1) is 7.50. The summed E-state index contributed by atoms with van der Waals surface area (Å²) in [5.74, 6) is -0.723. The number of pyridine rings is 1. The number of hydrogen-bond donors (Lipinski definition) is 2. The third-order valence-corrected chi connectivity index (χ3v) is 1.96. The normalized spacial score (nSPS) is 9.81. The molecule has 0 aliphatic carbocycles. The van der Waals surface area contributed by atoms with E-state index in [1.165, 1.54) is 0 Å². The highest BCUT2D eigenvalue weighted by atomic mass is 35.5. The van der Waals surface area contributed by atoms with Gasteiger partial charge in [-0.15, -0.1) is 0 Å². The predicted octanol–water partition coefficient (Wildman–Crippen LogP) is 1.53. The fourth-order valence-electron chi connectivity index (χ4n) is 0.946. The molecule has 0 spiro atoms. The molecule has 0 radical (unpaired) electrons. The Morgan fingerprint density at radius 1 is 1.69 bits per heavy atom. The van der Waals surface area contributed by atoms with E-state index in [0.29, 0.717) is 0 Å². The van der Waals surface area contributed by atoms with E-state index in [4.69, 9.17) is 16.7 Å². The van der Waals surface area contributed by atoms with Crippen LogP contribution in [0.3, 0.4) is 0 Å². The van der Waals surface area contributed by atoms with E-state index in [1.54, 1.807) is 0 Å². The van der Waals surface area contributed by atoms with Gasteiger partial charge in [0.25, 0.3) is 5.69 Å². The first kappa shape index (κ1) is 12.2. The summed E-state index contributed by atoms with van der Waals surface area (Å²) in [6, 6.07) is 1.15. The molecular formula is C8H8ClN3O4. The van der Waals surface area contributed by atoms with E-state index in [-0.39, 0.29) is 29.5 Å². The number of halogens is 1. The van der Waals surface area contributed by atoms with Crippen molar-refractivity contribution in [3.8, 4) is 0 Å². The van der Waals surface area contributed by atoms with E-state index in [9.17, 15) is 14.9 Å². The van der Waals surface area contributed by atoms with Crippen LogP contribution in [0.5, 0.6) is 0 Å². The van der Waals surface area contributed by atoms with Crippen LogP contribution in [-0.4, -0.2) is 27.5 Å². The van der Waals surface area contributed by atoms with Crippen molar-refractivity contribution in [3.63, 3.8) is 0 Å². The molecule has 0 fully saturated rings. The number of nitro groups is 1. The summed E-state index contributed by atoms with van der Waals surface area (Å²) in [6.45, 7) is 0.153. The second kappa shape index (κ2) is 5.26. The van der Waals surface area contributed by atoms with Gasteiger partial charge in [-0.3, -0.25) is 14.9 Å². The van der Waals surface area contributed by atoms with E-state index in [1.807, 2.05) is 0 Å². The molecule has 0 aromatic carbocycles. The molecule has 2 N–H and O–H groups in total. The van der Waals surface area contributed by atoms with Crippen molar-refractivity contribution in [3.05, 3.63) is 27.4 Å². The Labute approximate surface area is 95.2 Å². The molecule has 0 saturated heterocycles. The minimum absolute atomic E-state index is 0.0830. The van der Waals surface area contributed by atoms with Crippen molar-refractivity contribution in [2.45, 2.75) is 6.42 Å². The quantitative estimate of drug-likeness (QED) is 0.602. The molecule has 86 valence electrons. The van der Waals surface area contributed by atoms with Crippen LogP contribution >= 0.6 is 11.6 Å². The minimum Gasteiger partial charge on any atom is -0.481 e. The summed E-state index contributed by atoms with van der Waals surface area (Å²) in [4.78, 5) is 23.7. The summed E-state index contributed by atoms with van der Waals surface area (Å²) < 4.78 is 0. The lowest BCUT2D eigenvalue weighted by Crippen LogP contribution is -2.09. The Balaban J connectivity index is 2.68. The van der Waals surface area contributed by atoms with Gasteiger partial charge in [-0.1, -0.05) is 11.6 Å². The van der Waals surface area contributed by atoms with Gasteiger partial charge < -0.3 is 10.4 Å². The number of aliphatic carboxylic acids is 1. The van der Waals surface area contributed by atoms with Gasteiger partial charge in [-0.05, 0) is 0 Å². The molecule has 0 amide bonds. The molecule has 1 aromatic rings. The molecular weight excluding hydrogens is 238 g/mol. The first-order valence-corrected chi connectivity index (χ1v) is 4.64. The minimum atomic E-state index is -0.953. The topological polar surface area (TPSA) is 105 Å². The average molecular weight is 246 g/mol. The van der Waals surface area contributed by atoms with Crippen molar-refractivity contribution in [1.82, 2.24) is 4.98 Å². The maximum atomic E-state index is 10.4. The summed E-state index contributed by atoms with van der Waals surface area (Å²) in [7, 11) is 0. The Kier molecular flexibility index (Phi) is 4.01. The third-order valence-electron chi connectivity index (χ3n) is 1.67. The molecule has 0 saturated carbocycles. The Morgan fingerprint density at radius 2 is 2.38 bits per heavy atom. The van der Waals surface area contributed by atoms with Gasteiger partial charge in [-0.2, -0.15) is 0 Å². The zero-order chi connectivity index (χ0) is 12.1. The van der Waals surface area contributed by atoms with Crippen LogP contribution in [0.2, 0.25) is 5.02 Å². The number of anilines is 1. The maximum Gasteiger partial charge on any atom is 0.305 e. The van der Waals surface area contributed by atoms with E-state index in [0.717, 1.165) is 12.3 Å². The van der Waals surface area contributed by atoms with Crippen LogP contribution in [0, 0.1) is 10.1 Å². The van der Waals surface area contributed by atoms with Crippen molar-refractivity contribution in [1.29, 1.82) is 0 Å². The van der Waals surface area contributed by atoms with Gasteiger partial charge in [0.05, 0.1) is 16.4 Å². The number of hydrogen-bond acceptors (Lipinski definition) is 5. The molecule has 0 aliphatic heterocycles. The van der Waals surface area contributed by atoms with Crippen LogP contribution in [0.1, 0.15) is 6.42 Å². The molecule has 16 heavy (non-hydrogen) atoms. The second-order valence-corrected chi connectivity index (χ2v) is 3.26. The lowest BCUT2D eigenvalue weighted by atomic mass is 10.4. The van der Waals surface area contributed by atoms with Crippen molar-refractivity contribution >= 4 is 29.1 Å². The Morgan fingerprint density at radius 3 is 2.88 bits per heavy atom. The lowest BCUT2D eigenvalue weighted by molar-refractivity contribution is -0.385. The SMILES string of the molecule is O=C(O)CCNc1ncc([N+](=O)[O-])cc1Cl. The van der Waals surface area contributed by atoms with Gasteiger partial charge in [-0.25, -0.2) is 4.98 Å². The fraction of sp³-hybridized carbons (Fsp3) is 0.250. The smallest absolute Gasteiger partial charge is 0.305 e. The summed E-state index contributed by atoms with van der Waals surface area (Å²) in [6.07, 6.45) is 0.962. The monoisotopic (exact) mass is 245 g/mol. The Bertz CT molecular complexity index is 424. The van der Waals surface area contributed by atoms with E-state index < -0.39 is 10.9 Å². The summed E-state index contributed by atoms with van der Waals surface area (Å²) >= 11 is 5.71. The maximum absolute atomic E-state index is 10.4. The number of nitrogens with zero attached hydrogens (tertiary/aromatic N) is 2. The van der Waals surface area contributed by atoms with Crippen LogP contribution in [0.15, 0.2) is 12.3 Å². The zero-order valence-corrected chi connectivity index (χ0v) is 8.77. The van der Waals surface area contributed by atoms with Crippen LogP contribution in [0.25, 0.3) is 0 Å². The molecule has 1 rings (SSSR count). The highest BCUT2D eigenvalue weighted by molar-refractivity contribution is 6.33. The van der Waals surface area contributed by atoms with Crippen LogP contribution < -0.4 is 5.32 Å². The number of aromatic nitrogens is 1. The van der Waals surface area contributed by atoms with Gasteiger partial charge in [0, 0.05) is 12.6 Å². The predicted molar refractivity (Wildman–Crippen MR) is 56.6 cm³/mol. The van der Waals surface area contributed by atoms with Gasteiger partial charge in [0.15, 0.2) is 0 Å². The third kappa shape index (κ3) is 3.35. The van der Waals surface area contributed by atoms with Crippen LogP contribution in [0.4, 0.5) is 11.5 Å². The van der Waals surface area contributed by atoms with Crippen molar-refractivity contribution < 1.29 is 14.8 Å². The molecule has 0 aliphatic rings. The van der Waals surface area contributed by atoms with Crippen molar-refractivity contribution in [2.75, 3.05) is 11.9 Å². The number of nitrogens with one attached hydrogen (secondary N) is 1. The highest BCUT2D eigenvalue weighted by Gasteiger charge is 2.10. The summed E-state index contributed by atoms with van der Waals surface area (Å²) in [5.41, 5.74) is -0.214. The fourth-order valence-corrected chi connectivity index (χ4v) is 1.17. The second-order valence-electron chi connectivity index (χ2n) is 2.85. The average Bonchev–Trinajstić information content (AvgIpc) is 2.19. The number of carbonyl (C=O) groups is 1. The standard InChI is InChI=1S/C8H8ClN3O4/c9-6-3-5(12(15)16)4-11-8(6)10-2-1-7(13)14/h3-4H,1-2H2,(H,10,11)(H,13,14). The number of carboxylic acids is 1. The van der Waals surface area contributed by atoms with Crippen LogP contribution in [-0.2, 0) is 4.79 Å². The highest BCUT2D eigenvalue weighted by Crippen LogP contribution is 2.23. The largest absolute Gasteiger partial charge is 0.481 e. The molecule has 0 atom stereocenters. The summed E-state index contributed by atoms with van der Waals surface area (Å²) in [5, 5.41) is 21.5. The zero-order valence-electron chi connectivity index (χ0n) is 8.01. The van der Waals surface area contributed by atoms with Crippen molar-refractivity contribution in [2.24, 2.45) is 0 Å². The molecule has 0 bridgehead atoms. The van der Waals surface area contributed by atoms with E-state index >= 15 is 0 Å². The molecule has 0 unspecified atom stereocenters.